The second-order valence-corrected chi connectivity index (χ2v) is 12.3. The first-order valence-corrected chi connectivity index (χ1v) is 15.8. The van der Waals surface area contributed by atoms with Crippen molar-refractivity contribution >= 4 is 22.6 Å². The van der Waals surface area contributed by atoms with Crippen molar-refractivity contribution in [2.45, 2.75) is 39.2 Å². The molecule has 224 valence electrons. The van der Waals surface area contributed by atoms with Crippen molar-refractivity contribution in [3.63, 3.8) is 0 Å². The van der Waals surface area contributed by atoms with Gasteiger partial charge >= 0.3 is 0 Å². The third kappa shape index (κ3) is 5.47. The highest BCUT2D eigenvalue weighted by Gasteiger charge is 2.35. The van der Waals surface area contributed by atoms with Crippen molar-refractivity contribution in [1.29, 1.82) is 0 Å². The van der Waals surface area contributed by atoms with E-state index in [0.29, 0.717) is 0 Å². The molecule has 1 unspecified atom stereocenters. The monoisotopic (exact) mass is 586 g/mol. The van der Waals surface area contributed by atoms with Crippen molar-refractivity contribution in [3.8, 4) is 11.1 Å². The second kappa shape index (κ2) is 12.6. The van der Waals surface area contributed by atoms with Crippen LogP contribution in [0.5, 0.6) is 0 Å². The molecule has 0 saturated carbocycles. The van der Waals surface area contributed by atoms with Gasteiger partial charge in [-0.25, -0.2) is 0 Å². The van der Waals surface area contributed by atoms with Crippen LogP contribution in [-0.2, 0) is 5.41 Å². The number of aryl methyl sites for hydroxylation is 1. The van der Waals surface area contributed by atoms with Crippen LogP contribution in [0.15, 0.2) is 152 Å². The van der Waals surface area contributed by atoms with E-state index in [0.717, 1.165) is 11.4 Å². The average molecular weight is 587 g/mol. The lowest BCUT2D eigenvalue weighted by Gasteiger charge is -2.31. The number of hydrogen-bond acceptors (Lipinski definition) is 2. The highest BCUT2D eigenvalue weighted by atomic mass is 15.1. The summed E-state index contributed by atoms with van der Waals surface area (Å²) in [6.45, 7) is 13.0. The summed E-state index contributed by atoms with van der Waals surface area (Å²) in [4.78, 5) is 2.40. The zero-order chi connectivity index (χ0) is 31.6. The Morgan fingerprint density at radius 3 is 2.07 bits per heavy atom. The fourth-order valence-corrected chi connectivity index (χ4v) is 6.89. The number of fused-ring (bicyclic) bond motifs is 1. The van der Waals surface area contributed by atoms with Crippen molar-refractivity contribution in [2.75, 3.05) is 11.9 Å². The summed E-state index contributed by atoms with van der Waals surface area (Å²) >= 11 is 0. The molecule has 2 heteroatoms. The van der Waals surface area contributed by atoms with Gasteiger partial charge in [0.15, 0.2) is 0 Å². The standard InChI is InChI=1S/C43H42N2/c1-7-16-38-35(8-2)36-28-25-33(29-39(36)43(38,4)5)31-23-26-34(27-24-31)45(40-21-14-12-17-30(40)3)41-22-15-13-20-37(41)42(44-6)32-18-10-9-11-19-32/h7-29,42,44H,2H2,1,3-6H3/b16-7-. The number of allylic oxidation sites excluding steroid dienone is 5. The van der Waals surface area contributed by atoms with Crippen LogP contribution in [-0.4, -0.2) is 7.05 Å². The van der Waals surface area contributed by atoms with Crippen molar-refractivity contribution < 1.29 is 0 Å². The number of benzene rings is 5. The fraction of sp³-hybridized carbons (Fsp3) is 0.163. The third-order valence-corrected chi connectivity index (χ3v) is 9.21. The number of rotatable bonds is 9. The summed E-state index contributed by atoms with van der Waals surface area (Å²) in [6, 6.07) is 44.0. The van der Waals surface area contributed by atoms with Crippen molar-refractivity contribution in [3.05, 3.63) is 180 Å². The van der Waals surface area contributed by atoms with E-state index in [4.69, 9.17) is 0 Å². The molecular weight excluding hydrogens is 544 g/mol. The quantitative estimate of drug-likeness (QED) is 0.185. The molecule has 0 heterocycles. The number of para-hydroxylation sites is 2. The summed E-state index contributed by atoms with van der Waals surface area (Å²) in [5.74, 6) is 0. The zero-order valence-electron chi connectivity index (χ0n) is 27.0. The molecular formula is C43H42N2. The van der Waals surface area contributed by atoms with Gasteiger partial charge in [-0.15, -0.1) is 0 Å². The molecule has 1 aliphatic rings. The molecule has 1 N–H and O–H groups in total. The van der Waals surface area contributed by atoms with E-state index in [1.165, 1.54) is 55.8 Å². The highest BCUT2D eigenvalue weighted by molar-refractivity contribution is 5.89. The van der Waals surface area contributed by atoms with Gasteiger partial charge in [0.2, 0.25) is 0 Å². The Kier molecular flexibility index (Phi) is 8.43. The van der Waals surface area contributed by atoms with Gasteiger partial charge in [-0.3, -0.25) is 0 Å². The van der Waals surface area contributed by atoms with Crippen LogP contribution >= 0.6 is 0 Å². The first-order valence-electron chi connectivity index (χ1n) is 15.8. The maximum Gasteiger partial charge on any atom is 0.0595 e. The molecule has 0 aliphatic heterocycles. The molecule has 6 rings (SSSR count). The first kappa shape index (κ1) is 30.1. The molecule has 2 nitrogen and oxygen atoms in total. The molecule has 1 atom stereocenters. The molecule has 0 aromatic heterocycles. The molecule has 0 saturated heterocycles. The number of nitrogens with zero attached hydrogens (tertiary/aromatic N) is 1. The molecule has 0 amide bonds. The third-order valence-electron chi connectivity index (χ3n) is 9.21. The lowest BCUT2D eigenvalue weighted by atomic mass is 9.80. The summed E-state index contributed by atoms with van der Waals surface area (Å²) < 4.78 is 0. The van der Waals surface area contributed by atoms with E-state index in [1.54, 1.807) is 0 Å². The number of nitrogens with one attached hydrogen (secondary N) is 1. The van der Waals surface area contributed by atoms with E-state index in [2.05, 4.69) is 178 Å². The summed E-state index contributed by atoms with van der Waals surface area (Å²) in [5.41, 5.74) is 14.6. The minimum Gasteiger partial charge on any atom is -0.310 e. The Morgan fingerprint density at radius 1 is 0.756 bits per heavy atom. The van der Waals surface area contributed by atoms with Gasteiger partial charge in [0.05, 0.1) is 11.7 Å². The fourth-order valence-electron chi connectivity index (χ4n) is 6.89. The predicted molar refractivity (Wildman–Crippen MR) is 194 cm³/mol. The molecule has 1 aliphatic carbocycles. The largest absolute Gasteiger partial charge is 0.310 e. The van der Waals surface area contributed by atoms with Gasteiger partial charge in [-0.2, -0.15) is 0 Å². The van der Waals surface area contributed by atoms with Gasteiger partial charge < -0.3 is 10.2 Å². The Morgan fingerprint density at radius 2 is 1.40 bits per heavy atom. The predicted octanol–water partition coefficient (Wildman–Crippen LogP) is 11.2. The molecule has 0 radical (unpaired) electrons. The Bertz CT molecular complexity index is 1890. The average Bonchev–Trinajstić information content (AvgIpc) is 3.28. The lowest BCUT2D eigenvalue weighted by Crippen LogP contribution is -2.21. The van der Waals surface area contributed by atoms with Crippen LogP contribution in [0.25, 0.3) is 16.7 Å². The van der Waals surface area contributed by atoms with Crippen LogP contribution < -0.4 is 10.2 Å². The van der Waals surface area contributed by atoms with Crippen LogP contribution in [0.4, 0.5) is 17.1 Å². The Balaban J connectivity index is 1.44. The smallest absolute Gasteiger partial charge is 0.0595 e. The molecule has 45 heavy (non-hydrogen) atoms. The Labute approximate surface area is 269 Å². The van der Waals surface area contributed by atoms with Crippen molar-refractivity contribution in [2.24, 2.45) is 0 Å². The SMILES string of the molecule is C=CC1=C(/C=C\C)C(C)(C)c2cc(-c3ccc(N(c4ccccc4C)c4ccccc4C(NC)c4ccccc4)cc3)ccc21. The molecule has 5 aromatic rings. The van der Waals surface area contributed by atoms with Gasteiger partial charge in [-0.05, 0) is 101 Å². The van der Waals surface area contributed by atoms with E-state index >= 15 is 0 Å². The summed E-state index contributed by atoms with van der Waals surface area (Å²) in [6.07, 6.45) is 6.37. The second-order valence-electron chi connectivity index (χ2n) is 12.3. The maximum absolute atomic E-state index is 4.14. The highest BCUT2D eigenvalue weighted by Crippen LogP contribution is 2.48. The maximum atomic E-state index is 4.14. The zero-order valence-corrected chi connectivity index (χ0v) is 27.0. The minimum atomic E-state index is -0.0880. The minimum absolute atomic E-state index is 0.0458. The molecule has 0 fully saturated rings. The lowest BCUT2D eigenvalue weighted by molar-refractivity contribution is 0.654. The van der Waals surface area contributed by atoms with E-state index in [1.807, 2.05) is 13.1 Å². The van der Waals surface area contributed by atoms with Gasteiger partial charge in [-0.1, -0.05) is 130 Å². The summed E-state index contributed by atoms with van der Waals surface area (Å²) in [7, 11) is 2.04. The number of anilines is 3. The van der Waals surface area contributed by atoms with Crippen LogP contribution in [0, 0.1) is 6.92 Å². The van der Waals surface area contributed by atoms with Crippen LogP contribution in [0.1, 0.15) is 54.6 Å². The van der Waals surface area contributed by atoms with Crippen LogP contribution in [0.3, 0.4) is 0 Å². The van der Waals surface area contributed by atoms with Crippen molar-refractivity contribution in [1.82, 2.24) is 5.32 Å². The van der Waals surface area contributed by atoms with Crippen LogP contribution in [0.2, 0.25) is 0 Å². The Hall–Kier alpha value is -4.92. The molecule has 0 spiro atoms. The normalized spacial score (nSPS) is 14.4. The summed E-state index contributed by atoms with van der Waals surface area (Å²) in [5, 5.41) is 3.58. The van der Waals surface area contributed by atoms with E-state index in [-0.39, 0.29) is 11.5 Å². The first-order chi connectivity index (χ1) is 21.9. The topological polar surface area (TPSA) is 15.3 Å². The molecule has 5 aromatic carbocycles. The van der Waals surface area contributed by atoms with E-state index in [9.17, 15) is 0 Å². The molecule has 0 bridgehead atoms. The number of hydrogen-bond donors (Lipinski definition) is 1. The van der Waals surface area contributed by atoms with Gasteiger partial charge in [0, 0.05) is 16.8 Å². The van der Waals surface area contributed by atoms with Gasteiger partial charge in [0.25, 0.3) is 0 Å². The van der Waals surface area contributed by atoms with Gasteiger partial charge in [0.1, 0.15) is 0 Å². The van der Waals surface area contributed by atoms with E-state index < -0.39 is 0 Å².